The molecule has 1 aromatic heterocycles. The van der Waals surface area contributed by atoms with Gasteiger partial charge in [0.25, 0.3) is 0 Å². The largest absolute Gasteiger partial charge is 0.464 e. The summed E-state index contributed by atoms with van der Waals surface area (Å²) in [4.78, 5) is 0. The zero-order chi connectivity index (χ0) is 12.4. The van der Waals surface area contributed by atoms with E-state index in [9.17, 15) is 0 Å². The standard InChI is InChI=1S/C15H21NO/c1-10(2)13-6-5-11(3)15-14(13)12(9-17-15)7-8-16-4/h5-6,9-10,16H,7-8H2,1-4H3. The van der Waals surface area contributed by atoms with E-state index in [1.807, 2.05) is 13.3 Å². The lowest BCUT2D eigenvalue weighted by Gasteiger charge is -2.09. The van der Waals surface area contributed by atoms with E-state index in [0.717, 1.165) is 18.5 Å². The molecule has 0 atom stereocenters. The van der Waals surface area contributed by atoms with Crippen molar-refractivity contribution in [3.05, 3.63) is 35.1 Å². The van der Waals surface area contributed by atoms with E-state index in [1.165, 1.54) is 22.1 Å². The summed E-state index contributed by atoms with van der Waals surface area (Å²) in [6.45, 7) is 7.57. The van der Waals surface area contributed by atoms with Crippen molar-refractivity contribution in [2.45, 2.75) is 33.1 Å². The predicted molar refractivity (Wildman–Crippen MR) is 72.7 cm³/mol. The van der Waals surface area contributed by atoms with E-state index in [0.29, 0.717) is 5.92 Å². The van der Waals surface area contributed by atoms with Crippen molar-refractivity contribution < 1.29 is 4.42 Å². The average Bonchev–Trinajstić information content (AvgIpc) is 2.71. The number of nitrogens with one attached hydrogen (secondary N) is 1. The number of rotatable bonds is 4. The van der Waals surface area contributed by atoms with E-state index >= 15 is 0 Å². The van der Waals surface area contributed by atoms with Gasteiger partial charge in [-0.15, -0.1) is 0 Å². The second kappa shape index (κ2) is 4.92. The first-order valence-electron chi connectivity index (χ1n) is 6.29. The second-order valence-electron chi connectivity index (χ2n) is 4.95. The molecule has 92 valence electrons. The number of furan rings is 1. The third-order valence-corrected chi connectivity index (χ3v) is 3.29. The number of benzene rings is 1. The fourth-order valence-corrected chi connectivity index (χ4v) is 2.30. The lowest BCUT2D eigenvalue weighted by molar-refractivity contribution is 0.606. The molecule has 0 aliphatic rings. The van der Waals surface area contributed by atoms with Crippen molar-refractivity contribution in [2.24, 2.45) is 0 Å². The van der Waals surface area contributed by atoms with Gasteiger partial charge in [-0.1, -0.05) is 26.0 Å². The molecule has 0 unspecified atom stereocenters. The number of hydrogen-bond acceptors (Lipinski definition) is 2. The number of fused-ring (bicyclic) bond motifs is 1. The highest BCUT2D eigenvalue weighted by atomic mass is 16.3. The summed E-state index contributed by atoms with van der Waals surface area (Å²) >= 11 is 0. The van der Waals surface area contributed by atoms with E-state index in [4.69, 9.17) is 4.42 Å². The molecule has 2 heteroatoms. The molecule has 0 aliphatic heterocycles. The summed E-state index contributed by atoms with van der Waals surface area (Å²) in [6, 6.07) is 4.39. The Bertz CT molecular complexity index is 511. The van der Waals surface area contributed by atoms with Gasteiger partial charge in [0.15, 0.2) is 0 Å². The van der Waals surface area contributed by atoms with Crippen LogP contribution in [0.2, 0.25) is 0 Å². The van der Waals surface area contributed by atoms with Gasteiger partial charge in [-0.25, -0.2) is 0 Å². The molecule has 0 saturated heterocycles. The first-order chi connectivity index (χ1) is 8.15. The minimum Gasteiger partial charge on any atom is -0.464 e. The van der Waals surface area contributed by atoms with Gasteiger partial charge >= 0.3 is 0 Å². The minimum absolute atomic E-state index is 0.532. The molecule has 0 spiro atoms. The van der Waals surface area contributed by atoms with Gasteiger partial charge in [-0.2, -0.15) is 0 Å². The van der Waals surface area contributed by atoms with Gasteiger partial charge in [-0.05, 0) is 49.5 Å². The number of hydrogen-bond donors (Lipinski definition) is 1. The Morgan fingerprint density at radius 2 is 2.06 bits per heavy atom. The summed E-state index contributed by atoms with van der Waals surface area (Å²) < 4.78 is 5.74. The average molecular weight is 231 g/mol. The van der Waals surface area contributed by atoms with Gasteiger partial charge in [-0.3, -0.25) is 0 Å². The summed E-state index contributed by atoms with van der Waals surface area (Å²) in [7, 11) is 1.98. The summed E-state index contributed by atoms with van der Waals surface area (Å²) in [5, 5.41) is 4.52. The summed E-state index contributed by atoms with van der Waals surface area (Å²) in [5.41, 5.74) is 5.00. The normalized spacial score (nSPS) is 11.6. The van der Waals surface area contributed by atoms with Gasteiger partial charge in [0, 0.05) is 5.39 Å². The molecule has 2 aromatic rings. The maximum absolute atomic E-state index is 5.74. The lowest BCUT2D eigenvalue weighted by atomic mass is 9.94. The van der Waals surface area contributed by atoms with Crippen molar-refractivity contribution in [3.63, 3.8) is 0 Å². The lowest BCUT2D eigenvalue weighted by Crippen LogP contribution is -2.10. The monoisotopic (exact) mass is 231 g/mol. The minimum atomic E-state index is 0.532. The zero-order valence-electron chi connectivity index (χ0n) is 11.1. The fraction of sp³-hybridized carbons (Fsp3) is 0.467. The van der Waals surface area contributed by atoms with E-state index < -0.39 is 0 Å². The van der Waals surface area contributed by atoms with E-state index in [2.05, 4.69) is 38.2 Å². The predicted octanol–water partition coefficient (Wildman–Crippen LogP) is 3.63. The quantitative estimate of drug-likeness (QED) is 0.869. The SMILES string of the molecule is CNCCc1coc2c(C)ccc(C(C)C)c12. The molecule has 0 aliphatic carbocycles. The Morgan fingerprint density at radius 1 is 1.29 bits per heavy atom. The van der Waals surface area contributed by atoms with Gasteiger partial charge in [0.2, 0.25) is 0 Å². The van der Waals surface area contributed by atoms with Crippen LogP contribution in [-0.4, -0.2) is 13.6 Å². The molecule has 0 bridgehead atoms. The second-order valence-corrected chi connectivity index (χ2v) is 4.95. The van der Waals surface area contributed by atoms with E-state index in [1.54, 1.807) is 0 Å². The van der Waals surface area contributed by atoms with Crippen LogP contribution >= 0.6 is 0 Å². The van der Waals surface area contributed by atoms with Crippen LogP contribution in [0.1, 0.15) is 36.5 Å². The van der Waals surface area contributed by atoms with Crippen molar-refractivity contribution >= 4 is 11.0 Å². The Morgan fingerprint density at radius 3 is 2.71 bits per heavy atom. The molecule has 1 aromatic carbocycles. The Kier molecular flexibility index (Phi) is 3.53. The van der Waals surface area contributed by atoms with Crippen LogP contribution in [-0.2, 0) is 6.42 Å². The Labute approximate surface area is 103 Å². The molecule has 0 amide bonds. The molecular formula is C15H21NO. The Balaban J connectivity index is 2.58. The molecule has 0 radical (unpaired) electrons. The van der Waals surface area contributed by atoms with Crippen molar-refractivity contribution in [1.82, 2.24) is 5.32 Å². The molecule has 2 rings (SSSR count). The molecule has 2 nitrogen and oxygen atoms in total. The van der Waals surface area contributed by atoms with Crippen LogP contribution < -0.4 is 5.32 Å². The van der Waals surface area contributed by atoms with Gasteiger partial charge in [0.05, 0.1) is 6.26 Å². The van der Waals surface area contributed by atoms with Crippen molar-refractivity contribution in [1.29, 1.82) is 0 Å². The highest BCUT2D eigenvalue weighted by Crippen LogP contribution is 2.32. The van der Waals surface area contributed by atoms with Gasteiger partial charge < -0.3 is 9.73 Å². The molecule has 0 saturated carbocycles. The third kappa shape index (κ3) is 2.22. The summed E-state index contributed by atoms with van der Waals surface area (Å²) in [5.74, 6) is 0.532. The Hall–Kier alpha value is -1.28. The van der Waals surface area contributed by atoms with Gasteiger partial charge in [0.1, 0.15) is 5.58 Å². The third-order valence-electron chi connectivity index (χ3n) is 3.29. The molecule has 17 heavy (non-hydrogen) atoms. The van der Waals surface area contributed by atoms with Crippen LogP contribution in [0.3, 0.4) is 0 Å². The molecule has 1 N–H and O–H groups in total. The smallest absolute Gasteiger partial charge is 0.137 e. The van der Waals surface area contributed by atoms with Crippen molar-refractivity contribution in [2.75, 3.05) is 13.6 Å². The maximum atomic E-state index is 5.74. The molecular weight excluding hydrogens is 210 g/mol. The number of likely N-dealkylation sites (N-methyl/N-ethyl adjacent to an activating group) is 1. The number of aryl methyl sites for hydroxylation is 1. The fourth-order valence-electron chi connectivity index (χ4n) is 2.30. The zero-order valence-corrected chi connectivity index (χ0v) is 11.1. The highest BCUT2D eigenvalue weighted by molar-refractivity contribution is 5.87. The van der Waals surface area contributed by atoms with Crippen LogP contribution in [0.4, 0.5) is 0 Å². The van der Waals surface area contributed by atoms with Crippen LogP contribution in [0, 0.1) is 6.92 Å². The molecule has 1 heterocycles. The van der Waals surface area contributed by atoms with Crippen LogP contribution in [0.15, 0.2) is 22.8 Å². The first kappa shape index (κ1) is 12.2. The van der Waals surface area contributed by atoms with E-state index in [-0.39, 0.29) is 0 Å². The van der Waals surface area contributed by atoms with Crippen LogP contribution in [0.25, 0.3) is 11.0 Å². The molecule has 0 fully saturated rings. The van der Waals surface area contributed by atoms with Crippen molar-refractivity contribution in [3.8, 4) is 0 Å². The summed E-state index contributed by atoms with van der Waals surface area (Å²) in [6.07, 6.45) is 2.94. The first-order valence-corrected chi connectivity index (χ1v) is 6.29. The van der Waals surface area contributed by atoms with Crippen LogP contribution in [0.5, 0.6) is 0 Å². The maximum Gasteiger partial charge on any atom is 0.137 e. The topological polar surface area (TPSA) is 25.2 Å². The highest BCUT2D eigenvalue weighted by Gasteiger charge is 2.14.